The third-order valence-electron chi connectivity index (χ3n) is 5.92. The Labute approximate surface area is 191 Å². The molecule has 0 saturated carbocycles. The van der Waals surface area contributed by atoms with Crippen molar-refractivity contribution < 1.29 is 5.11 Å². The second-order valence-electron chi connectivity index (χ2n) is 7.75. The van der Waals surface area contributed by atoms with E-state index in [4.69, 9.17) is 16.7 Å². The molecule has 5 heteroatoms. The Hall–Kier alpha value is -3.47. The monoisotopic (exact) mass is 439 g/mol. The predicted molar refractivity (Wildman–Crippen MR) is 128 cm³/mol. The molecule has 0 radical (unpaired) electrons. The molecule has 0 fully saturated rings. The molecule has 0 aliphatic heterocycles. The van der Waals surface area contributed by atoms with Crippen LogP contribution in [0.1, 0.15) is 28.1 Å². The molecule has 0 aliphatic rings. The lowest BCUT2D eigenvalue weighted by Gasteiger charge is -2.37. The Morgan fingerprint density at radius 2 is 1.28 bits per heavy atom. The molecule has 2 heterocycles. The molecule has 0 atom stereocenters. The van der Waals surface area contributed by atoms with Crippen molar-refractivity contribution in [2.24, 2.45) is 0 Å². The zero-order valence-corrected chi connectivity index (χ0v) is 18.4. The lowest BCUT2D eigenvalue weighted by atomic mass is 9.77. The van der Waals surface area contributed by atoms with Gasteiger partial charge in [0, 0.05) is 11.5 Å². The molecule has 5 rings (SSSR count). The van der Waals surface area contributed by atoms with E-state index < -0.39 is 5.54 Å². The summed E-state index contributed by atoms with van der Waals surface area (Å²) >= 11 is 6.41. The SMILES string of the molecule is Cc1nn(C(c2ccccc2)(c2ccccc2)c2ccccc2)c2cc(Cl)nc(CO)c12. The van der Waals surface area contributed by atoms with Crippen molar-refractivity contribution in [2.75, 3.05) is 0 Å². The molecule has 4 nitrogen and oxygen atoms in total. The fraction of sp³-hybridized carbons (Fsp3) is 0.111. The topological polar surface area (TPSA) is 50.9 Å². The summed E-state index contributed by atoms with van der Waals surface area (Å²) in [7, 11) is 0. The minimum absolute atomic E-state index is 0.210. The average Bonchev–Trinajstić information content (AvgIpc) is 3.17. The van der Waals surface area contributed by atoms with Gasteiger partial charge >= 0.3 is 0 Å². The number of aliphatic hydroxyl groups is 1. The third-order valence-corrected chi connectivity index (χ3v) is 6.12. The molecule has 2 aromatic heterocycles. The van der Waals surface area contributed by atoms with E-state index in [9.17, 15) is 5.11 Å². The van der Waals surface area contributed by atoms with E-state index in [1.165, 1.54) is 0 Å². The molecule has 1 N–H and O–H groups in total. The molecule has 0 amide bonds. The zero-order chi connectivity index (χ0) is 22.1. The Kier molecular flexibility index (Phi) is 5.25. The van der Waals surface area contributed by atoms with Gasteiger partial charge in [0.05, 0.1) is 23.5 Å². The summed E-state index contributed by atoms with van der Waals surface area (Å²) in [6.45, 7) is 1.73. The maximum Gasteiger partial charge on any atom is 0.138 e. The molecule has 0 bridgehead atoms. The molecular formula is C27H22ClN3O. The third kappa shape index (κ3) is 3.11. The van der Waals surface area contributed by atoms with Gasteiger partial charge in [-0.05, 0) is 23.6 Å². The van der Waals surface area contributed by atoms with Gasteiger partial charge in [0.15, 0.2) is 0 Å². The molecule has 0 spiro atoms. The highest BCUT2D eigenvalue weighted by molar-refractivity contribution is 6.30. The number of hydrogen-bond acceptors (Lipinski definition) is 3. The number of aromatic nitrogens is 3. The Bertz CT molecular complexity index is 1270. The first-order chi connectivity index (χ1) is 15.7. The number of halogens is 1. The minimum Gasteiger partial charge on any atom is -0.390 e. The standard InChI is InChI=1S/C27H22ClN3O/c1-19-26-23(18-32)29-25(28)17-24(26)31(30-19)27(20-11-5-2-6-12-20,21-13-7-3-8-14-21)22-15-9-4-10-16-22/h2-17,32H,18H2,1H3. The Balaban J connectivity index is 2.00. The van der Waals surface area contributed by atoms with Crippen LogP contribution in [0.3, 0.4) is 0 Å². The maximum atomic E-state index is 9.99. The smallest absolute Gasteiger partial charge is 0.138 e. The first-order valence-electron chi connectivity index (χ1n) is 10.5. The van der Waals surface area contributed by atoms with Crippen LogP contribution in [0.2, 0.25) is 5.15 Å². The molecular weight excluding hydrogens is 418 g/mol. The number of nitrogens with zero attached hydrogens (tertiary/aromatic N) is 3. The first-order valence-corrected chi connectivity index (χ1v) is 10.9. The van der Waals surface area contributed by atoms with Gasteiger partial charge in [0.2, 0.25) is 0 Å². The predicted octanol–water partition coefficient (Wildman–Crippen LogP) is 5.73. The van der Waals surface area contributed by atoms with Crippen LogP contribution >= 0.6 is 11.6 Å². The Morgan fingerprint density at radius 3 is 1.72 bits per heavy atom. The summed E-state index contributed by atoms with van der Waals surface area (Å²) in [4.78, 5) is 4.36. The van der Waals surface area contributed by atoms with E-state index in [0.717, 1.165) is 33.3 Å². The molecule has 0 saturated heterocycles. The van der Waals surface area contributed by atoms with Gasteiger partial charge in [0.1, 0.15) is 10.7 Å². The number of pyridine rings is 1. The van der Waals surface area contributed by atoms with Crippen LogP contribution in [-0.4, -0.2) is 19.9 Å². The number of aryl methyl sites for hydroxylation is 1. The summed E-state index contributed by atoms with van der Waals surface area (Å²) < 4.78 is 2.03. The van der Waals surface area contributed by atoms with Crippen LogP contribution in [0.15, 0.2) is 97.1 Å². The van der Waals surface area contributed by atoms with Crippen molar-refractivity contribution in [1.82, 2.24) is 14.8 Å². The Morgan fingerprint density at radius 1 is 0.812 bits per heavy atom. The minimum atomic E-state index is -0.756. The molecule has 5 aromatic rings. The van der Waals surface area contributed by atoms with Crippen LogP contribution in [0, 0.1) is 6.92 Å². The van der Waals surface area contributed by atoms with Crippen LogP contribution in [0.25, 0.3) is 10.9 Å². The van der Waals surface area contributed by atoms with Gasteiger partial charge < -0.3 is 5.11 Å². The highest BCUT2D eigenvalue weighted by Crippen LogP contribution is 2.43. The maximum absolute atomic E-state index is 9.99. The van der Waals surface area contributed by atoms with E-state index in [1.54, 1.807) is 0 Å². The van der Waals surface area contributed by atoms with Gasteiger partial charge in [-0.3, -0.25) is 0 Å². The zero-order valence-electron chi connectivity index (χ0n) is 17.6. The van der Waals surface area contributed by atoms with Crippen molar-refractivity contribution >= 4 is 22.5 Å². The second kappa shape index (κ2) is 8.23. The van der Waals surface area contributed by atoms with E-state index in [-0.39, 0.29) is 6.61 Å². The lowest BCUT2D eigenvalue weighted by molar-refractivity contribution is 0.278. The summed E-state index contributed by atoms with van der Waals surface area (Å²) in [5.41, 5.74) is 4.59. The van der Waals surface area contributed by atoms with Gasteiger partial charge in [-0.2, -0.15) is 5.10 Å². The summed E-state index contributed by atoms with van der Waals surface area (Å²) in [5, 5.41) is 16.2. The highest BCUT2D eigenvalue weighted by atomic mass is 35.5. The van der Waals surface area contributed by atoms with Gasteiger partial charge in [-0.1, -0.05) is 103 Å². The van der Waals surface area contributed by atoms with Crippen LogP contribution in [0.4, 0.5) is 0 Å². The van der Waals surface area contributed by atoms with Gasteiger partial charge in [0.25, 0.3) is 0 Å². The second-order valence-corrected chi connectivity index (χ2v) is 8.14. The summed E-state index contributed by atoms with van der Waals surface area (Å²) in [5.74, 6) is 0. The van der Waals surface area contributed by atoms with Crippen molar-refractivity contribution in [3.8, 4) is 0 Å². The van der Waals surface area contributed by atoms with Crippen molar-refractivity contribution in [3.05, 3.63) is 130 Å². The number of hydrogen-bond donors (Lipinski definition) is 1. The summed E-state index contributed by atoms with van der Waals surface area (Å²) in [6.07, 6.45) is 0. The van der Waals surface area contributed by atoms with Gasteiger partial charge in [-0.15, -0.1) is 0 Å². The van der Waals surface area contributed by atoms with E-state index in [0.29, 0.717) is 10.8 Å². The average molecular weight is 440 g/mol. The molecule has 158 valence electrons. The normalized spacial score (nSPS) is 11.7. The van der Waals surface area contributed by atoms with E-state index in [2.05, 4.69) is 41.4 Å². The van der Waals surface area contributed by atoms with E-state index in [1.807, 2.05) is 72.3 Å². The molecule has 3 aromatic carbocycles. The molecule has 32 heavy (non-hydrogen) atoms. The molecule has 0 unspecified atom stereocenters. The fourth-order valence-electron chi connectivity index (χ4n) is 4.64. The summed E-state index contributed by atoms with van der Waals surface area (Å²) in [6, 6.07) is 32.9. The van der Waals surface area contributed by atoms with Crippen molar-refractivity contribution in [2.45, 2.75) is 19.1 Å². The highest BCUT2D eigenvalue weighted by Gasteiger charge is 2.41. The number of benzene rings is 3. The van der Waals surface area contributed by atoms with Gasteiger partial charge in [-0.25, -0.2) is 9.67 Å². The van der Waals surface area contributed by atoms with Crippen LogP contribution in [0.5, 0.6) is 0 Å². The van der Waals surface area contributed by atoms with Crippen LogP contribution < -0.4 is 0 Å². The fourth-order valence-corrected chi connectivity index (χ4v) is 4.85. The lowest BCUT2D eigenvalue weighted by Crippen LogP contribution is -2.38. The quantitative estimate of drug-likeness (QED) is 0.281. The molecule has 0 aliphatic carbocycles. The number of rotatable bonds is 5. The van der Waals surface area contributed by atoms with Crippen molar-refractivity contribution in [1.29, 1.82) is 0 Å². The number of fused-ring (bicyclic) bond motifs is 1. The van der Waals surface area contributed by atoms with Crippen molar-refractivity contribution in [3.63, 3.8) is 0 Å². The van der Waals surface area contributed by atoms with E-state index >= 15 is 0 Å². The largest absolute Gasteiger partial charge is 0.390 e. The number of aliphatic hydroxyl groups excluding tert-OH is 1. The first kappa shape index (κ1) is 20.4. The van der Waals surface area contributed by atoms with Crippen LogP contribution in [-0.2, 0) is 12.1 Å².